The Morgan fingerprint density at radius 1 is 1.13 bits per heavy atom. The number of H-pyrrole nitrogens is 1. The highest BCUT2D eigenvalue weighted by Gasteiger charge is 2.20. The van der Waals surface area contributed by atoms with E-state index in [1.165, 1.54) is 32.1 Å². The average molecular weight is 407 g/mol. The van der Waals surface area contributed by atoms with Crippen molar-refractivity contribution in [2.75, 3.05) is 13.7 Å². The number of fused-ring (bicyclic) bond motifs is 1. The van der Waals surface area contributed by atoms with Gasteiger partial charge in [0.1, 0.15) is 11.6 Å². The Hall–Kier alpha value is -3.02. The standard InChI is InChI=1S/C24H30N4O2/c1-30-19-13-11-17(12-14-19)15-22(23-26-20-9-5-6-10-21(20)27-23)28-24(29)25-16-18-7-3-2-4-8-18/h5-6,9-14,18,22H,2-4,7-8,15-16H2,1H3,(H,26,27)(H2,25,28,29)/t22-/m1/s1. The second-order valence-electron chi connectivity index (χ2n) is 8.10. The van der Waals surface area contributed by atoms with Crippen LogP contribution in [-0.4, -0.2) is 29.7 Å². The molecule has 6 nitrogen and oxygen atoms in total. The molecule has 3 aromatic rings. The Morgan fingerprint density at radius 3 is 2.63 bits per heavy atom. The molecule has 158 valence electrons. The summed E-state index contributed by atoms with van der Waals surface area (Å²) < 4.78 is 5.25. The Morgan fingerprint density at radius 2 is 1.90 bits per heavy atom. The van der Waals surface area contributed by atoms with Crippen molar-refractivity contribution in [1.29, 1.82) is 0 Å². The van der Waals surface area contributed by atoms with E-state index in [1.807, 2.05) is 48.5 Å². The smallest absolute Gasteiger partial charge is 0.315 e. The van der Waals surface area contributed by atoms with Gasteiger partial charge in [0.15, 0.2) is 0 Å². The van der Waals surface area contributed by atoms with Gasteiger partial charge >= 0.3 is 6.03 Å². The van der Waals surface area contributed by atoms with Gasteiger partial charge in [-0.25, -0.2) is 9.78 Å². The van der Waals surface area contributed by atoms with E-state index in [2.05, 4.69) is 15.6 Å². The number of carbonyl (C=O) groups excluding carboxylic acids is 1. The number of urea groups is 1. The summed E-state index contributed by atoms with van der Waals surface area (Å²) in [6.45, 7) is 0.737. The summed E-state index contributed by atoms with van der Waals surface area (Å²) in [7, 11) is 1.66. The van der Waals surface area contributed by atoms with Crippen LogP contribution in [0.4, 0.5) is 4.79 Å². The molecule has 1 aromatic heterocycles. The molecule has 0 bridgehead atoms. The molecule has 0 spiro atoms. The van der Waals surface area contributed by atoms with Crippen molar-refractivity contribution >= 4 is 17.1 Å². The number of rotatable bonds is 7. The maximum Gasteiger partial charge on any atom is 0.315 e. The molecule has 1 fully saturated rings. The number of methoxy groups -OCH3 is 1. The molecule has 1 heterocycles. The molecule has 1 aliphatic carbocycles. The molecular formula is C24H30N4O2. The van der Waals surface area contributed by atoms with E-state index in [1.54, 1.807) is 7.11 Å². The predicted molar refractivity (Wildman–Crippen MR) is 119 cm³/mol. The Balaban J connectivity index is 1.47. The van der Waals surface area contributed by atoms with Crippen LogP contribution in [0.3, 0.4) is 0 Å². The van der Waals surface area contributed by atoms with Gasteiger partial charge in [-0.1, -0.05) is 43.5 Å². The summed E-state index contributed by atoms with van der Waals surface area (Å²) in [5.74, 6) is 2.17. The summed E-state index contributed by atoms with van der Waals surface area (Å²) in [4.78, 5) is 20.8. The van der Waals surface area contributed by atoms with Gasteiger partial charge in [-0.05, 0) is 55.0 Å². The lowest BCUT2D eigenvalue weighted by atomic mass is 9.89. The fourth-order valence-electron chi connectivity index (χ4n) is 4.19. The molecule has 1 atom stereocenters. The van der Waals surface area contributed by atoms with E-state index < -0.39 is 0 Å². The van der Waals surface area contributed by atoms with Crippen molar-refractivity contribution in [1.82, 2.24) is 20.6 Å². The van der Waals surface area contributed by atoms with E-state index >= 15 is 0 Å². The molecule has 0 aliphatic heterocycles. The van der Waals surface area contributed by atoms with Gasteiger partial charge in [-0.2, -0.15) is 0 Å². The van der Waals surface area contributed by atoms with Gasteiger partial charge < -0.3 is 20.4 Å². The maximum absolute atomic E-state index is 12.7. The number of hydrogen-bond donors (Lipinski definition) is 3. The van der Waals surface area contributed by atoms with Gasteiger partial charge in [0, 0.05) is 6.54 Å². The van der Waals surface area contributed by atoms with Crippen molar-refractivity contribution in [2.24, 2.45) is 5.92 Å². The molecule has 2 amide bonds. The zero-order chi connectivity index (χ0) is 20.8. The molecule has 3 N–H and O–H groups in total. The second-order valence-corrected chi connectivity index (χ2v) is 8.10. The number of ether oxygens (including phenoxy) is 1. The molecular weight excluding hydrogens is 376 g/mol. The molecule has 0 saturated heterocycles. The average Bonchev–Trinajstić information content (AvgIpc) is 3.23. The quantitative estimate of drug-likeness (QED) is 0.530. The van der Waals surface area contributed by atoms with Crippen molar-refractivity contribution in [2.45, 2.75) is 44.6 Å². The fraction of sp³-hybridized carbons (Fsp3) is 0.417. The van der Waals surface area contributed by atoms with Crippen molar-refractivity contribution < 1.29 is 9.53 Å². The predicted octanol–water partition coefficient (Wildman–Crippen LogP) is 4.73. The van der Waals surface area contributed by atoms with Gasteiger partial charge in [-0.15, -0.1) is 0 Å². The number of para-hydroxylation sites is 2. The first-order chi connectivity index (χ1) is 14.7. The van der Waals surface area contributed by atoms with Crippen molar-refractivity contribution in [3.05, 3.63) is 59.9 Å². The monoisotopic (exact) mass is 406 g/mol. The highest BCUT2D eigenvalue weighted by molar-refractivity contribution is 5.76. The zero-order valence-electron chi connectivity index (χ0n) is 17.5. The lowest BCUT2D eigenvalue weighted by molar-refractivity contribution is 0.232. The van der Waals surface area contributed by atoms with Crippen LogP contribution in [0.25, 0.3) is 11.0 Å². The van der Waals surface area contributed by atoms with Crippen LogP contribution in [0.2, 0.25) is 0 Å². The van der Waals surface area contributed by atoms with Gasteiger partial charge in [-0.3, -0.25) is 0 Å². The van der Waals surface area contributed by atoms with Crippen LogP contribution in [-0.2, 0) is 6.42 Å². The van der Waals surface area contributed by atoms with Gasteiger partial charge in [0.25, 0.3) is 0 Å². The van der Waals surface area contributed by atoms with Crippen molar-refractivity contribution in [3.8, 4) is 5.75 Å². The lowest BCUT2D eigenvalue weighted by Crippen LogP contribution is -2.41. The molecule has 4 rings (SSSR count). The van der Waals surface area contributed by atoms with Crippen LogP contribution in [0.1, 0.15) is 49.5 Å². The van der Waals surface area contributed by atoms with E-state index in [9.17, 15) is 4.79 Å². The Kier molecular flexibility index (Phi) is 6.52. The second kappa shape index (κ2) is 9.65. The minimum Gasteiger partial charge on any atom is -0.497 e. The number of nitrogens with one attached hydrogen (secondary N) is 3. The number of carbonyl (C=O) groups is 1. The zero-order valence-corrected chi connectivity index (χ0v) is 17.5. The Bertz CT molecular complexity index is 928. The van der Waals surface area contributed by atoms with Gasteiger partial charge in [0.2, 0.25) is 0 Å². The van der Waals surface area contributed by atoms with Crippen LogP contribution in [0.5, 0.6) is 5.75 Å². The number of benzene rings is 2. The minimum atomic E-state index is -0.253. The number of aromatic amines is 1. The summed E-state index contributed by atoms with van der Waals surface area (Å²) in [5, 5.41) is 6.21. The van der Waals surface area contributed by atoms with Crippen LogP contribution >= 0.6 is 0 Å². The van der Waals surface area contributed by atoms with E-state index in [4.69, 9.17) is 9.72 Å². The summed E-state index contributed by atoms with van der Waals surface area (Å²) in [5.41, 5.74) is 2.97. The van der Waals surface area contributed by atoms with Crippen molar-refractivity contribution in [3.63, 3.8) is 0 Å². The first kappa shape index (κ1) is 20.3. The number of hydrogen-bond acceptors (Lipinski definition) is 3. The lowest BCUT2D eigenvalue weighted by Gasteiger charge is -2.23. The number of aromatic nitrogens is 2. The van der Waals surface area contributed by atoms with Gasteiger partial charge in [0.05, 0.1) is 24.2 Å². The van der Waals surface area contributed by atoms with Crippen LogP contribution in [0, 0.1) is 5.92 Å². The number of imidazole rings is 1. The molecule has 0 radical (unpaired) electrons. The molecule has 30 heavy (non-hydrogen) atoms. The maximum atomic E-state index is 12.7. The molecule has 6 heteroatoms. The highest BCUT2D eigenvalue weighted by atomic mass is 16.5. The normalized spacial score (nSPS) is 15.6. The summed E-state index contributed by atoms with van der Waals surface area (Å²) in [6, 6.07) is 15.5. The van der Waals surface area contributed by atoms with Crippen LogP contribution in [0.15, 0.2) is 48.5 Å². The largest absolute Gasteiger partial charge is 0.497 e. The molecule has 1 aliphatic rings. The highest BCUT2D eigenvalue weighted by Crippen LogP contribution is 2.23. The Labute approximate surface area is 177 Å². The third kappa shape index (κ3) is 5.12. The summed E-state index contributed by atoms with van der Waals surface area (Å²) >= 11 is 0. The third-order valence-corrected chi connectivity index (χ3v) is 5.92. The SMILES string of the molecule is COc1ccc(C[C@@H](NC(=O)NCC2CCCCC2)c2nc3ccccc3[nH]2)cc1. The number of nitrogens with zero attached hydrogens (tertiary/aromatic N) is 1. The van der Waals surface area contributed by atoms with E-state index in [0.717, 1.165) is 34.7 Å². The number of amides is 2. The molecule has 1 saturated carbocycles. The minimum absolute atomic E-state index is 0.139. The molecule has 0 unspecified atom stereocenters. The fourth-order valence-corrected chi connectivity index (χ4v) is 4.19. The third-order valence-electron chi connectivity index (χ3n) is 5.92. The summed E-state index contributed by atoms with van der Waals surface area (Å²) in [6.07, 6.45) is 6.91. The van der Waals surface area contributed by atoms with E-state index in [0.29, 0.717) is 12.3 Å². The first-order valence-electron chi connectivity index (χ1n) is 10.8. The topological polar surface area (TPSA) is 79.0 Å². The molecule has 2 aromatic carbocycles. The van der Waals surface area contributed by atoms with E-state index in [-0.39, 0.29) is 12.1 Å². The van der Waals surface area contributed by atoms with Crippen LogP contribution < -0.4 is 15.4 Å². The first-order valence-corrected chi connectivity index (χ1v) is 10.8.